The number of aliphatic hydroxyl groups excluding tert-OH is 1. The van der Waals surface area contributed by atoms with Crippen molar-refractivity contribution in [2.75, 3.05) is 0 Å². The lowest BCUT2D eigenvalue weighted by atomic mass is 9.93. The van der Waals surface area contributed by atoms with Gasteiger partial charge >= 0.3 is 5.97 Å². The predicted octanol–water partition coefficient (Wildman–Crippen LogP) is 2.47. The van der Waals surface area contributed by atoms with Gasteiger partial charge in [-0.3, -0.25) is 4.79 Å². The maximum absolute atomic E-state index is 12.9. The van der Waals surface area contributed by atoms with Gasteiger partial charge in [-0.05, 0) is 47.7 Å². The minimum atomic E-state index is -1.24. The van der Waals surface area contributed by atoms with E-state index in [2.05, 4.69) is 0 Å². The number of benzene rings is 2. The van der Waals surface area contributed by atoms with Crippen LogP contribution in [-0.4, -0.2) is 42.7 Å². The Kier molecular flexibility index (Phi) is 5.35. The van der Waals surface area contributed by atoms with Crippen molar-refractivity contribution in [1.82, 2.24) is 0 Å². The van der Waals surface area contributed by atoms with Crippen molar-refractivity contribution in [2.24, 2.45) is 0 Å². The van der Waals surface area contributed by atoms with Gasteiger partial charge in [0.25, 0.3) is 0 Å². The summed E-state index contributed by atoms with van der Waals surface area (Å²) in [5.41, 5.74) is 0.0724. The van der Waals surface area contributed by atoms with E-state index in [1.165, 1.54) is 31.2 Å². The predicted molar refractivity (Wildman–Crippen MR) is 118 cm³/mol. The van der Waals surface area contributed by atoms with Crippen molar-refractivity contribution in [3.8, 4) is 28.7 Å². The van der Waals surface area contributed by atoms with Crippen LogP contribution in [0.5, 0.6) is 28.7 Å². The van der Waals surface area contributed by atoms with Crippen molar-refractivity contribution in [3.63, 3.8) is 0 Å². The molecule has 3 aromatic rings. The van der Waals surface area contributed by atoms with E-state index in [1.807, 2.05) is 0 Å². The maximum Gasteiger partial charge on any atom is 0.328 e. The third kappa shape index (κ3) is 3.90. The molecule has 0 saturated carbocycles. The van der Waals surface area contributed by atoms with Crippen LogP contribution in [0, 0.1) is 6.92 Å². The molecule has 4 rings (SSSR count). The average molecular weight is 452 g/mol. The summed E-state index contributed by atoms with van der Waals surface area (Å²) in [6.07, 6.45) is -0.262. The van der Waals surface area contributed by atoms with E-state index in [4.69, 9.17) is 9.84 Å². The summed E-state index contributed by atoms with van der Waals surface area (Å²) >= 11 is 0. The molecule has 2 atom stereocenters. The highest BCUT2D eigenvalue weighted by Crippen LogP contribution is 2.42. The molecule has 33 heavy (non-hydrogen) atoms. The fourth-order valence-corrected chi connectivity index (χ4v) is 4.03. The van der Waals surface area contributed by atoms with Gasteiger partial charge in [-0.1, -0.05) is 0 Å². The van der Waals surface area contributed by atoms with E-state index in [0.717, 1.165) is 18.2 Å². The van der Waals surface area contributed by atoms with Crippen LogP contribution in [0.3, 0.4) is 0 Å². The Labute approximate surface area is 186 Å². The molecule has 0 aromatic heterocycles. The summed E-state index contributed by atoms with van der Waals surface area (Å²) in [5.74, 6) is -2.53. The van der Waals surface area contributed by atoms with Gasteiger partial charge in [-0.25, -0.2) is 4.79 Å². The number of hydrogen-bond donors (Lipinski definition) is 6. The molecule has 0 radical (unpaired) electrons. The molecule has 1 aliphatic rings. The summed E-state index contributed by atoms with van der Waals surface area (Å²) in [5, 5.41) is 60.5. The number of aryl methyl sites for hydroxylation is 1. The second-order valence-electron chi connectivity index (χ2n) is 7.82. The van der Waals surface area contributed by atoms with E-state index in [1.54, 1.807) is 0 Å². The molecule has 9 heteroatoms. The monoisotopic (exact) mass is 452 g/mol. The van der Waals surface area contributed by atoms with E-state index in [9.17, 15) is 35.1 Å². The SMILES string of the molecule is Cc1c(O)cc(/C=C/C(=O)O)c2cc(C3Oc4cc(O)cc(O)c4C[C@H]3O)cc(O)c(=O)c12. The molecule has 1 unspecified atom stereocenters. The van der Waals surface area contributed by atoms with Gasteiger partial charge in [-0.2, -0.15) is 0 Å². The summed E-state index contributed by atoms with van der Waals surface area (Å²) in [4.78, 5) is 24.0. The number of carboxylic acids is 1. The van der Waals surface area contributed by atoms with E-state index < -0.39 is 29.4 Å². The highest BCUT2D eigenvalue weighted by Gasteiger charge is 2.32. The number of aromatic hydroxyl groups is 4. The number of aliphatic carboxylic acids is 1. The lowest BCUT2D eigenvalue weighted by Gasteiger charge is -2.31. The zero-order valence-corrected chi connectivity index (χ0v) is 17.3. The Morgan fingerprint density at radius 2 is 1.76 bits per heavy atom. The first-order chi connectivity index (χ1) is 15.6. The molecule has 0 bridgehead atoms. The Balaban J connectivity index is 1.98. The van der Waals surface area contributed by atoms with Crippen molar-refractivity contribution >= 4 is 22.8 Å². The number of carbonyl (C=O) groups is 1. The molecule has 1 heterocycles. The van der Waals surface area contributed by atoms with Gasteiger partial charge < -0.3 is 35.4 Å². The van der Waals surface area contributed by atoms with E-state index in [0.29, 0.717) is 5.56 Å². The molecule has 6 N–H and O–H groups in total. The standard InChI is InChI=1S/C24H20O9/c1-10-16(26)5-11(2-3-21(30)31)14-4-12(6-18(28)23(32)22(10)14)24-19(29)9-15-17(27)7-13(25)8-20(15)33-24/h2-8,19,24-27,29H,9H2,1H3,(H,28,32)(H,30,31)/b3-2+/t19-,24?/m1/s1. The smallest absolute Gasteiger partial charge is 0.328 e. The van der Waals surface area contributed by atoms with Crippen molar-refractivity contribution in [3.05, 3.63) is 68.9 Å². The van der Waals surface area contributed by atoms with Crippen molar-refractivity contribution in [1.29, 1.82) is 0 Å². The molecular weight excluding hydrogens is 432 g/mol. The number of phenolic OH excluding ortho intramolecular Hbond substituents is 3. The summed E-state index contributed by atoms with van der Waals surface area (Å²) < 4.78 is 5.82. The number of carboxylic acid groups (broad SMARTS) is 1. The molecule has 9 nitrogen and oxygen atoms in total. The summed E-state index contributed by atoms with van der Waals surface area (Å²) in [6, 6.07) is 6.28. The number of aliphatic hydroxyl groups is 1. The molecule has 0 saturated heterocycles. The van der Waals surface area contributed by atoms with Gasteiger partial charge in [-0.15, -0.1) is 0 Å². The van der Waals surface area contributed by atoms with Crippen molar-refractivity contribution in [2.45, 2.75) is 25.6 Å². The molecule has 3 aromatic carbocycles. The zero-order chi connectivity index (χ0) is 24.0. The first-order valence-corrected chi connectivity index (χ1v) is 9.91. The van der Waals surface area contributed by atoms with Gasteiger partial charge in [0.05, 0.1) is 6.10 Å². The number of ether oxygens (including phenoxy) is 1. The zero-order valence-electron chi connectivity index (χ0n) is 17.3. The Morgan fingerprint density at radius 3 is 2.45 bits per heavy atom. The molecule has 0 spiro atoms. The molecule has 170 valence electrons. The van der Waals surface area contributed by atoms with Gasteiger partial charge in [0, 0.05) is 41.1 Å². The van der Waals surface area contributed by atoms with E-state index >= 15 is 0 Å². The van der Waals surface area contributed by atoms with Crippen LogP contribution in [0.4, 0.5) is 0 Å². The van der Waals surface area contributed by atoms with E-state index in [-0.39, 0.29) is 56.9 Å². The molecule has 0 aliphatic carbocycles. The summed E-state index contributed by atoms with van der Waals surface area (Å²) in [6.45, 7) is 1.48. The minimum absolute atomic E-state index is 0.0234. The second kappa shape index (κ2) is 8.03. The van der Waals surface area contributed by atoms with Crippen LogP contribution in [0.2, 0.25) is 0 Å². The lowest BCUT2D eigenvalue weighted by Crippen LogP contribution is -2.30. The van der Waals surface area contributed by atoms with Gasteiger partial charge in [0.15, 0.2) is 5.75 Å². The lowest BCUT2D eigenvalue weighted by molar-refractivity contribution is -0.131. The number of fused-ring (bicyclic) bond motifs is 2. The number of rotatable bonds is 3. The topological polar surface area (TPSA) is 165 Å². The second-order valence-corrected chi connectivity index (χ2v) is 7.82. The maximum atomic E-state index is 12.9. The fourth-order valence-electron chi connectivity index (χ4n) is 4.03. The van der Waals surface area contributed by atoms with Gasteiger partial charge in [0.1, 0.15) is 29.1 Å². The van der Waals surface area contributed by atoms with Crippen LogP contribution >= 0.6 is 0 Å². The van der Waals surface area contributed by atoms with Gasteiger partial charge in [0.2, 0.25) is 5.43 Å². The average Bonchev–Trinajstić information content (AvgIpc) is 2.86. The molecular formula is C24H20O9. The Bertz CT molecular complexity index is 1390. The molecule has 1 aliphatic heterocycles. The minimum Gasteiger partial charge on any atom is -0.508 e. The third-order valence-electron chi connectivity index (χ3n) is 5.63. The molecule has 0 fully saturated rings. The Morgan fingerprint density at radius 1 is 1.03 bits per heavy atom. The first kappa shape index (κ1) is 22.0. The van der Waals surface area contributed by atoms with Crippen LogP contribution in [0.1, 0.15) is 28.4 Å². The van der Waals surface area contributed by atoms with Crippen molar-refractivity contribution < 1.29 is 40.2 Å². The normalized spacial score (nSPS) is 17.6. The highest BCUT2D eigenvalue weighted by molar-refractivity contribution is 5.97. The van der Waals surface area contributed by atoms with Crippen LogP contribution in [0.25, 0.3) is 16.8 Å². The van der Waals surface area contributed by atoms with Crippen LogP contribution in [0.15, 0.2) is 41.2 Å². The quantitative estimate of drug-likeness (QED) is 0.327. The Hall–Kier alpha value is -4.24. The third-order valence-corrected chi connectivity index (χ3v) is 5.63. The van der Waals surface area contributed by atoms with Crippen LogP contribution < -0.4 is 10.2 Å². The fraction of sp³-hybridized carbons (Fsp3) is 0.167. The first-order valence-electron chi connectivity index (χ1n) is 9.91. The summed E-state index contributed by atoms with van der Waals surface area (Å²) in [7, 11) is 0. The number of phenols is 3. The number of hydrogen-bond acceptors (Lipinski definition) is 8. The van der Waals surface area contributed by atoms with Crippen LogP contribution in [-0.2, 0) is 11.2 Å². The largest absolute Gasteiger partial charge is 0.508 e. The molecule has 0 amide bonds. The highest BCUT2D eigenvalue weighted by atomic mass is 16.5.